The summed E-state index contributed by atoms with van der Waals surface area (Å²) < 4.78 is 5.47. The SMILES string of the molecule is CC(C)CCOCCNC(=O)C1CCCCCN1. The summed E-state index contributed by atoms with van der Waals surface area (Å²) in [5, 5.41) is 6.24. The average molecular weight is 256 g/mol. The Balaban J connectivity index is 2.02. The van der Waals surface area contributed by atoms with Crippen molar-refractivity contribution in [3.63, 3.8) is 0 Å². The van der Waals surface area contributed by atoms with E-state index in [9.17, 15) is 4.79 Å². The lowest BCUT2D eigenvalue weighted by molar-refractivity contribution is -0.123. The standard InChI is InChI=1S/C14H28N2O2/c1-12(2)7-10-18-11-9-16-14(17)13-6-4-3-5-8-15-13/h12-13,15H,3-11H2,1-2H3,(H,16,17). The number of amides is 1. The highest BCUT2D eigenvalue weighted by Gasteiger charge is 2.18. The van der Waals surface area contributed by atoms with Crippen molar-refractivity contribution in [1.29, 1.82) is 0 Å². The molecule has 1 rings (SSSR count). The second-order valence-electron chi connectivity index (χ2n) is 5.44. The van der Waals surface area contributed by atoms with Gasteiger partial charge in [0.1, 0.15) is 0 Å². The van der Waals surface area contributed by atoms with Crippen LogP contribution in [0.5, 0.6) is 0 Å². The number of carbonyl (C=O) groups is 1. The van der Waals surface area contributed by atoms with Crippen LogP contribution in [0.3, 0.4) is 0 Å². The molecule has 1 saturated heterocycles. The molecule has 0 radical (unpaired) electrons. The van der Waals surface area contributed by atoms with Crippen molar-refractivity contribution < 1.29 is 9.53 Å². The van der Waals surface area contributed by atoms with Crippen LogP contribution in [0.15, 0.2) is 0 Å². The minimum absolute atomic E-state index is 0.00293. The molecule has 18 heavy (non-hydrogen) atoms. The van der Waals surface area contributed by atoms with Crippen LogP contribution in [0, 0.1) is 5.92 Å². The van der Waals surface area contributed by atoms with Crippen LogP contribution in [0.2, 0.25) is 0 Å². The Morgan fingerprint density at radius 1 is 1.33 bits per heavy atom. The molecule has 1 unspecified atom stereocenters. The Labute approximate surface area is 111 Å². The van der Waals surface area contributed by atoms with Crippen molar-refractivity contribution >= 4 is 5.91 Å². The highest BCUT2D eigenvalue weighted by Crippen LogP contribution is 2.08. The molecule has 0 aromatic heterocycles. The first-order valence-electron chi connectivity index (χ1n) is 7.29. The van der Waals surface area contributed by atoms with Crippen LogP contribution in [0.25, 0.3) is 0 Å². The molecule has 0 spiro atoms. The van der Waals surface area contributed by atoms with Crippen LogP contribution in [0.4, 0.5) is 0 Å². The Kier molecular flexibility index (Phi) is 8.01. The van der Waals surface area contributed by atoms with Gasteiger partial charge in [-0.3, -0.25) is 4.79 Å². The monoisotopic (exact) mass is 256 g/mol. The van der Waals surface area contributed by atoms with Gasteiger partial charge in [0, 0.05) is 13.2 Å². The molecule has 0 aromatic rings. The highest BCUT2D eigenvalue weighted by atomic mass is 16.5. The summed E-state index contributed by atoms with van der Waals surface area (Å²) in [6.07, 6.45) is 5.60. The van der Waals surface area contributed by atoms with E-state index in [1.54, 1.807) is 0 Å². The van der Waals surface area contributed by atoms with Crippen molar-refractivity contribution in [3.05, 3.63) is 0 Å². The molecule has 0 aromatic carbocycles. The normalized spacial score (nSPS) is 20.7. The van der Waals surface area contributed by atoms with Gasteiger partial charge in [-0.2, -0.15) is 0 Å². The predicted molar refractivity (Wildman–Crippen MR) is 73.5 cm³/mol. The van der Waals surface area contributed by atoms with Gasteiger partial charge in [-0.05, 0) is 31.7 Å². The lowest BCUT2D eigenvalue weighted by Gasteiger charge is -2.15. The molecule has 1 aliphatic rings. The first-order chi connectivity index (χ1) is 8.70. The number of nitrogens with one attached hydrogen (secondary N) is 2. The summed E-state index contributed by atoms with van der Waals surface area (Å²) in [5.74, 6) is 0.805. The zero-order valence-corrected chi connectivity index (χ0v) is 11.8. The quantitative estimate of drug-likeness (QED) is 0.682. The van der Waals surface area contributed by atoms with Gasteiger partial charge in [-0.15, -0.1) is 0 Å². The molecule has 0 saturated carbocycles. The fourth-order valence-corrected chi connectivity index (χ4v) is 2.04. The lowest BCUT2D eigenvalue weighted by atomic mass is 10.1. The predicted octanol–water partition coefficient (Wildman–Crippen LogP) is 1.70. The van der Waals surface area contributed by atoms with E-state index in [0.29, 0.717) is 19.1 Å². The molecule has 4 nitrogen and oxygen atoms in total. The van der Waals surface area contributed by atoms with Crippen LogP contribution in [-0.4, -0.2) is 38.3 Å². The van der Waals surface area contributed by atoms with Gasteiger partial charge < -0.3 is 15.4 Å². The van der Waals surface area contributed by atoms with Crippen LogP contribution < -0.4 is 10.6 Å². The third-order valence-corrected chi connectivity index (χ3v) is 3.26. The molecule has 2 N–H and O–H groups in total. The number of rotatable bonds is 7. The molecule has 0 bridgehead atoms. The number of hydrogen-bond donors (Lipinski definition) is 2. The van der Waals surface area contributed by atoms with E-state index in [4.69, 9.17) is 4.74 Å². The third kappa shape index (κ3) is 6.97. The van der Waals surface area contributed by atoms with E-state index in [1.807, 2.05) is 0 Å². The van der Waals surface area contributed by atoms with E-state index in [0.717, 1.165) is 32.4 Å². The first-order valence-corrected chi connectivity index (χ1v) is 7.29. The Hall–Kier alpha value is -0.610. The fourth-order valence-electron chi connectivity index (χ4n) is 2.04. The molecular weight excluding hydrogens is 228 g/mol. The second kappa shape index (κ2) is 9.34. The first kappa shape index (κ1) is 15.4. The molecule has 1 atom stereocenters. The molecule has 4 heteroatoms. The minimum Gasteiger partial charge on any atom is -0.380 e. The van der Waals surface area contributed by atoms with Crippen molar-refractivity contribution in [2.75, 3.05) is 26.3 Å². The largest absolute Gasteiger partial charge is 0.380 e. The smallest absolute Gasteiger partial charge is 0.237 e. The maximum absolute atomic E-state index is 11.9. The van der Waals surface area contributed by atoms with Crippen LogP contribution in [0.1, 0.15) is 46.0 Å². The summed E-state index contributed by atoms with van der Waals surface area (Å²) in [7, 11) is 0. The highest BCUT2D eigenvalue weighted by molar-refractivity contribution is 5.81. The summed E-state index contributed by atoms with van der Waals surface area (Å²) in [6, 6.07) is 0.00293. The van der Waals surface area contributed by atoms with Gasteiger partial charge in [0.05, 0.1) is 12.6 Å². The maximum Gasteiger partial charge on any atom is 0.237 e. The van der Waals surface area contributed by atoms with Gasteiger partial charge in [0.2, 0.25) is 5.91 Å². The van der Waals surface area contributed by atoms with Crippen molar-refractivity contribution in [2.45, 2.75) is 52.0 Å². The Morgan fingerprint density at radius 3 is 2.94 bits per heavy atom. The van der Waals surface area contributed by atoms with E-state index in [2.05, 4.69) is 24.5 Å². The molecule has 106 valence electrons. The van der Waals surface area contributed by atoms with E-state index in [1.165, 1.54) is 12.8 Å². The average Bonchev–Trinajstić information content (AvgIpc) is 2.61. The zero-order chi connectivity index (χ0) is 13.2. The fraction of sp³-hybridized carbons (Fsp3) is 0.929. The number of carbonyl (C=O) groups excluding carboxylic acids is 1. The van der Waals surface area contributed by atoms with Gasteiger partial charge in [-0.1, -0.05) is 26.7 Å². The molecular formula is C14H28N2O2. The van der Waals surface area contributed by atoms with Gasteiger partial charge in [0.25, 0.3) is 0 Å². The third-order valence-electron chi connectivity index (χ3n) is 3.26. The van der Waals surface area contributed by atoms with E-state index < -0.39 is 0 Å². The molecule has 1 aliphatic heterocycles. The summed E-state index contributed by atoms with van der Waals surface area (Å²) in [5.41, 5.74) is 0. The van der Waals surface area contributed by atoms with Crippen molar-refractivity contribution in [1.82, 2.24) is 10.6 Å². The number of hydrogen-bond acceptors (Lipinski definition) is 3. The number of ether oxygens (including phenoxy) is 1. The lowest BCUT2D eigenvalue weighted by Crippen LogP contribution is -2.44. The maximum atomic E-state index is 11.9. The molecule has 1 heterocycles. The molecule has 1 fully saturated rings. The van der Waals surface area contributed by atoms with Gasteiger partial charge in [-0.25, -0.2) is 0 Å². The van der Waals surface area contributed by atoms with E-state index >= 15 is 0 Å². The summed E-state index contributed by atoms with van der Waals surface area (Å²) in [4.78, 5) is 11.9. The van der Waals surface area contributed by atoms with Crippen LogP contribution >= 0.6 is 0 Å². The zero-order valence-electron chi connectivity index (χ0n) is 11.8. The van der Waals surface area contributed by atoms with Crippen molar-refractivity contribution in [3.8, 4) is 0 Å². The van der Waals surface area contributed by atoms with Gasteiger partial charge in [0.15, 0.2) is 0 Å². The van der Waals surface area contributed by atoms with Gasteiger partial charge >= 0.3 is 0 Å². The molecule has 1 amide bonds. The summed E-state index contributed by atoms with van der Waals surface area (Å²) in [6.45, 7) is 7.35. The Morgan fingerprint density at radius 2 is 2.17 bits per heavy atom. The molecule has 0 aliphatic carbocycles. The second-order valence-corrected chi connectivity index (χ2v) is 5.44. The van der Waals surface area contributed by atoms with Crippen molar-refractivity contribution in [2.24, 2.45) is 5.92 Å². The Bertz CT molecular complexity index is 224. The van der Waals surface area contributed by atoms with E-state index in [-0.39, 0.29) is 11.9 Å². The topological polar surface area (TPSA) is 50.4 Å². The minimum atomic E-state index is 0.00293. The van der Waals surface area contributed by atoms with Crippen LogP contribution in [-0.2, 0) is 9.53 Å². The summed E-state index contributed by atoms with van der Waals surface area (Å²) >= 11 is 0.